The molecule has 0 bridgehead atoms. The van der Waals surface area contributed by atoms with Crippen molar-refractivity contribution in [2.45, 2.75) is 18.9 Å². The molecule has 3 heteroatoms. The smallest absolute Gasteiger partial charge is 0.0551 e. The van der Waals surface area contributed by atoms with Crippen molar-refractivity contribution in [2.24, 2.45) is 5.73 Å². The van der Waals surface area contributed by atoms with E-state index in [0.29, 0.717) is 0 Å². The number of nitrogens with two attached hydrogens (primary N) is 1. The maximum absolute atomic E-state index is 5.96. The second-order valence-corrected chi connectivity index (χ2v) is 4.28. The molecule has 12 heavy (non-hydrogen) atoms. The van der Waals surface area contributed by atoms with Gasteiger partial charge in [-0.15, -0.1) is 0 Å². The molecule has 2 N–H and O–H groups in total. The molecule has 1 unspecified atom stereocenters. The Labute approximate surface area is 85.0 Å². The zero-order valence-electron chi connectivity index (χ0n) is 6.48. The standard InChI is InChI=1S/C9H9BrClN/c10-9-6(11)3-1-5-2-4-7(12)8(5)9/h1,3,7H,2,4,12H2. The molecular formula is C9H9BrClN. The maximum Gasteiger partial charge on any atom is 0.0551 e. The lowest BCUT2D eigenvalue weighted by Gasteiger charge is -2.08. The normalized spacial score (nSPS) is 21.1. The predicted molar refractivity (Wildman–Crippen MR) is 54.4 cm³/mol. The molecule has 0 saturated carbocycles. The summed E-state index contributed by atoms with van der Waals surface area (Å²) in [5, 5.41) is 0.756. The van der Waals surface area contributed by atoms with Crippen LogP contribution >= 0.6 is 27.5 Å². The van der Waals surface area contributed by atoms with Crippen LogP contribution in [0.25, 0.3) is 0 Å². The summed E-state index contributed by atoms with van der Waals surface area (Å²) >= 11 is 9.41. The van der Waals surface area contributed by atoms with E-state index in [-0.39, 0.29) is 6.04 Å². The molecule has 64 valence electrons. The summed E-state index contributed by atoms with van der Waals surface area (Å²) in [6.07, 6.45) is 2.11. The summed E-state index contributed by atoms with van der Waals surface area (Å²) in [6.45, 7) is 0. The van der Waals surface area contributed by atoms with Crippen LogP contribution in [0, 0.1) is 0 Å². The fourth-order valence-corrected chi connectivity index (χ4v) is 2.53. The van der Waals surface area contributed by atoms with Crippen molar-refractivity contribution in [3.8, 4) is 0 Å². The van der Waals surface area contributed by atoms with Gasteiger partial charge in [0.05, 0.1) is 5.02 Å². The van der Waals surface area contributed by atoms with E-state index in [1.165, 1.54) is 11.1 Å². The van der Waals surface area contributed by atoms with Crippen molar-refractivity contribution >= 4 is 27.5 Å². The van der Waals surface area contributed by atoms with Crippen LogP contribution in [-0.2, 0) is 6.42 Å². The summed E-state index contributed by atoms with van der Waals surface area (Å²) in [5.74, 6) is 0. The van der Waals surface area contributed by atoms with Gasteiger partial charge in [-0.3, -0.25) is 0 Å². The molecule has 1 aromatic carbocycles. The van der Waals surface area contributed by atoms with E-state index in [4.69, 9.17) is 17.3 Å². The first-order valence-corrected chi connectivity index (χ1v) is 5.09. The third-order valence-corrected chi connectivity index (χ3v) is 3.72. The Bertz CT molecular complexity index is 325. The highest BCUT2D eigenvalue weighted by Crippen LogP contribution is 2.38. The molecule has 0 aromatic heterocycles. The number of aryl methyl sites for hydroxylation is 1. The quantitative estimate of drug-likeness (QED) is 0.748. The zero-order valence-corrected chi connectivity index (χ0v) is 8.82. The Morgan fingerprint density at radius 3 is 3.00 bits per heavy atom. The third-order valence-electron chi connectivity index (χ3n) is 2.32. The Morgan fingerprint density at radius 2 is 2.25 bits per heavy atom. The van der Waals surface area contributed by atoms with E-state index in [1.54, 1.807) is 0 Å². The lowest BCUT2D eigenvalue weighted by Crippen LogP contribution is -2.05. The molecule has 1 atom stereocenters. The highest BCUT2D eigenvalue weighted by molar-refractivity contribution is 9.10. The number of hydrogen-bond acceptors (Lipinski definition) is 1. The molecule has 1 aliphatic rings. The summed E-state index contributed by atoms with van der Waals surface area (Å²) in [6, 6.07) is 4.14. The van der Waals surface area contributed by atoms with Gasteiger partial charge in [-0.1, -0.05) is 17.7 Å². The van der Waals surface area contributed by atoms with Gasteiger partial charge in [0.2, 0.25) is 0 Å². The molecule has 2 rings (SSSR count). The number of benzene rings is 1. The topological polar surface area (TPSA) is 26.0 Å². The van der Waals surface area contributed by atoms with Crippen LogP contribution in [0.15, 0.2) is 16.6 Å². The SMILES string of the molecule is NC1CCc2ccc(Cl)c(Br)c21. The molecule has 0 fully saturated rings. The van der Waals surface area contributed by atoms with E-state index in [1.807, 2.05) is 6.07 Å². The average Bonchev–Trinajstić information content (AvgIpc) is 2.41. The molecule has 0 saturated heterocycles. The zero-order chi connectivity index (χ0) is 8.72. The van der Waals surface area contributed by atoms with Gasteiger partial charge in [-0.25, -0.2) is 0 Å². The minimum atomic E-state index is 0.160. The van der Waals surface area contributed by atoms with Crippen molar-refractivity contribution in [1.29, 1.82) is 0 Å². The van der Waals surface area contributed by atoms with Crippen LogP contribution in [0.2, 0.25) is 5.02 Å². The molecule has 0 amide bonds. The van der Waals surface area contributed by atoms with Gasteiger partial charge >= 0.3 is 0 Å². The van der Waals surface area contributed by atoms with E-state index >= 15 is 0 Å². The Hall–Kier alpha value is -0.0500. The van der Waals surface area contributed by atoms with Gasteiger partial charge in [0.1, 0.15) is 0 Å². The Balaban J connectivity index is 2.63. The third kappa shape index (κ3) is 1.18. The van der Waals surface area contributed by atoms with E-state index < -0.39 is 0 Å². The van der Waals surface area contributed by atoms with Crippen molar-refractivity contribution in [1.82, 2.24) is 0 Å². The summed E-state index contributed by atoms with van der Waals surface area (Å²) in [5.41, 5.74) is 8.46. The van der Waals surface area contributed by atoms with Crippen molar-refractivity contribution in [2.75, 3.05) is 0 Å². The van der Waals surface area contributed by atoms with E-state index in [2.05, 4.69) is 22.0 Å². The van der Waals surface area contributed by atoms with E-state index in [0.717, 1.165) is 22.3 Å². The van der Waals surface area contributed by atoms with Crippen LogP contribution in [0.5, 0.6) is 0 Å². The molecule has 0 heterocycles. The van der Waals surface area contributed by atoms with Crippen molar-refractivity contribution < 1.29 is 0 Å². The fraction of sp³-hybridized carbons (Fsp3) is 0.333. The largest absolute Gasteiger partial charge is 0.324 e. The molecule has 0 spiro atoms. The van der Waals surface area contributed by atoms with Crippen LogP contribution in [0.3, 0.4) is 0 Å². The second-order valence-electron chi connectivity index (χ2n) is 3.08. The highest BCUT2D eigenvalue weighted by atomic mass is 79.9. The number of hydrogen-bond donors (Lipinski definition) is 1. The molecule has 1 nitrogen and oxygen atoms in total. The highest BCUT2D eigenvalue weighted by Gasteiger charge is 2.22. The van der Waals surface area contributed by atoms with Crippen molar-refractivity contribution in [3.63, 3.8) is 0 Å². The average molecular weight is 247 g/mol. The molecule has 0 aliphatic heterocycles. The summed E-state index contributed by atoms with van der Waals surface area (Å²) in [4.78, 5) is 0. The van der Waals surface area contributed by atoms with Crippen LogP contribution in [-0.4, -0.2) is 0 Å². The van der Waals surface area contributed by atoms with E-state index in [9.17, 15) is 0 Å². The van der Waals surface area contributed by atoms with Gasteiger partial charge in [-0.2, -0.15) is 0 Å². The van der Waals surface area contributed by atoms with Crippen molar-refractivity contribution in [3.05, 3.63) is 32.8 Å². The fourth-order valence-electron chi connectivity index (χ4n) is 1.68. The van der Waals surface area contributed by atoms with Gasteiger partial charge in [0.15, 0.2) is 0 Å². The number of fused-ring (bicyclic) bond motifs is 1. The Kier molecular flexibility index (Phi) is 2.15. The molecule has 0 radical (unpaired) electrons. The number of halogens is 2. The van der Waals surface area contributed by atoms with Gasteiger partial charge in [-0.05, 0) is 46.0 Å². The predicted octanol–water partition coefficient (Wildman–Crippen LogP) is 3.05. The molecular weight excluding hydrogens is 237 g/mol. The molecule has 1 aliphatic carbocycles. The van der Waals surface area contributed by atoms with Gasteiger partial charge < -0.3 is 5.73 Å². The summed E-state index contributed by atoms with van der Waals surface area (Å²) < 4.78 is 0.978. The summed E-state index contributed by atoms with van der Waals surface area (Å²) in [7, 11) is 0. The van der Waals surface area contributed by atoms with Crippen LogP contribution in [0.4, 0.5) is 0 Å². The van der Waals surface area contributed by atoms with Gasteiger partial charge in [0.25, 0.3) is 0 Å². The van der Waals surface area contributed by atoms with Crippen LogP contribution < -0.4 is 5.73 Å². The van der Waals surface area contributed by atoms with Crippen LogP contribution in [0.1, 0.15) is 23.6 Å². The first-order chi connectivity index (χ1) is 5.70. The maximum atomic E-state index is 5.96. The molecule has 1 aromatic rings. The minimum Gasteiger partial charge on any atom is -0.324 e. The second kappa shape index (κ2) is 3.02. The lowest BCUT2D eigenvalue weighted by molar-refractivity contribution is 0.711. The first kappa shape index (κ1) is 8.54. The monoisotopic (exact) mass is 245 g/mol. The minimum absolute atomic E-state index is 0.160. The first-order valence-electron chi connectivity index (χ1n) is 3.92. The lowest BCUT2D eigenvalue weighted by atomic mass is 10.1. The number of rotatable bonds is 0. The van der Waals surface area contributed by atoms with Gasteiger partial charge in [0, 0.05) is 10.5 Å². The Morgan fingerprint density at radius 1 is 1.50 bits per heavy atom.